The van der Waals surface area contributed by atoms with E-state index in [-0.39, 0.29) is 12.5 Å². The number of benzene rings is 2. The summed E-state index contributed by atoms with van der Waals surface area (Å²) in [7, 11) is 3.47. The van der Waals surface area contributed by atoms with Gasteiger partial charge in [0.25, 0.3) is 0 Å². The molecule has 0 aliphatic carbocycles. The summed E-state index contributed by atoms with van der Waals surface area (Å²) in [5.74, 6) is 2.09. The van der Waals surface area contributed by atoms with Crippen molar-refractivity contribution in [3.8, 4) is 11.5 Å². The van der Waals surface area contributed by atoms with Crippen LogP contribution >= 0.6 is 0 Å². The summed E-state index contributed by atoms with van der Waals surface area (Å²) in [4.78, 5) is 18.2. The minimum absolute atomic E-state index is 0.0159. The van der Waals surface area contributed by atoms with Crippen molar-refractivity contribution in [2.24, 2.45) is 4.99 Å². The van der Waals surface area contributed by atoms with Crippen LogP contribution in [0.4, 0.5) is 0 Å². The highest BCUT2D eigenvalue weighted by Crippen LogP contribution is 2.33. The molecule has 0 radical (unpaired) electrons. The lowest BCUT2D eigenvalue weighted by molar-refractivity contribution is -0.127. The molecule has 2 N–H and O–H groups in total. The van der Waals surface area contributed by atoms with Gasteiger partial charge in [-0.1, -0.05) is 42.5 Å². The van der Waals surface area contributed by atoms with Crippen LogP contribution in [-0.4, -0.2) is 57.2 Å². The van der Waals surface area contributed by atoms with Gasteiger partial charge in [-0.3, -0.25) is 4.79 Å². The van der Waals surface area contributed by atoms with Gasteiger partial charge < -0.3 is 25.0 Å². The molecule has 2 aromatic rings. The number of aliphatic imine (C=N–C) groups is 1. The number of para-hydroxylation sites is 1. The lowest BCUT2D eigenvalue weighted by Crippen LogP contribution is -2.43. The largest absolute Gasteiger partial charge is 0.490 e. The average molecular weight is 411 g/mol. The molecule has 0 spiro atoms. The number of amides is 1. The summed E-state index contributed by atoms with van der Waals surface area (Å²) in [6, 6.07) is 16.1. The Morgan fingerprint density at radius 3 is 2.63 bits per heavy atom. The maximum atomic E-state index is 12.0. The third kappa shape index (κ3) is 6.40. The van der Waals surface area contributed by atoms with E-state index in [0.29, 0.717) is 32.3 Å². The molecule has 0 saturated heterocycles. The standard InChI is InChI=1S/C23H30N4O3/c1-27(2)21(28)17-26-23(24-13-12-18-8-4-3-5-9-18)25-16-19-10-6-11-20-22(19)30-15-7-14-29-20/h3-6,8-11H,7,12-17H2,1-2H3,(H2,24,25,26). The van der Waals surface area contributed by atoms with E-state index < -0.39 is 0 Å². The fourth-order valence-electron chi connectivity index (χ4n) is 3.00. The Morgan fingerprint density at radius 2 is 1.83 bits per heavy atom. The van der Waals surface area contributed by atoms with Crippen LogP contribution in [0.1, 0.15) is 17.5 Å². The number of hydrogen-bond donors (Lipinski definition) is 2. The quantitative estimate of drug-likeness (QED) is 0.541. The van der Waals surface area contributed by atoms with Crippen LogP contribution in [0, 0.1) is 0 Å². The van der Waals surface area contributed by atoms with Gasteiger partial charge in [0.05, 0.1) is 26.3 Å². The summed E-state index contributed by atoms with van der Waals surface area (Å²) in [6.45, 7) is 2.59. The van der Waals surface area contributed by atoms with Crippen LogP contribution in [-0.2, 0) is 17.8 Å². The molecule has 1 amide bonds. The van der Waals surface area contributed by atoms with Gasteiger partial charge in [0.2, 0.25) is 5.91 Å². The maximum Gasteiger partial charge on any atom is 0.241 e. The second kappa shape index (κ2) is 11.1. The Hall–Kier alpha value is -3.22. The fraction of sp³-hybridized carbons (Fsp3) is 0.391. The van der Waals surface area contributed by atoms with E-state index in [1.165, 1.54) is 5.56 Å². The Kier molecular flexibility index (Phi) is 7.94. The molecule has 160 valence electrons. The van der Waals surface area contributed by atoms with Crippen molar-refractivity contribution >= 4 is 11.9 Å². The molecule has 0 saturated carbocycles. The molecule has 3 rings (SSSR count). The third-order valence-electron chi connectivity index (χ3n) is 4.72. The van der Waals surface area contributed by atoms with E-state index in [1.54, 1.807) is 19.0 Å². The maximum absolute atomic E-state index is 12.0. The first-order valence-corrected chi connectivity index (χ1v) is 10.3. The molecule has 0 bridgehead atoms. The molecule has 7 nitrogen and oxygen atoms in total. The highest BCUT2D eigenvalue weighted by Gasteiger charge is 2.14. The van der Waals surface area contributed by atoms with E-state index in [2.05, 4.69) is 27.8 Å². The zero-order chi connectivity index (χ0) is 21.2. The predicted molar refractivity (Wildman–Crippen MR) is 118 cm³/mol. The van der Waals surface area contributed by atoms with Gasteiger partial charge in [-0.15, -0.1) is 0 Å². The topological polar surface area (TPSA) is 75.2 Å². The zero-order valence-corrected chi connectivity index (χ0v) is 17.7. The molecule has 2 aromatic carbocycles. The van der Waals surface area contributed by atoms with Crippen LogP contribution < -0.4 is 20.1 Å². The van der Waals surface area contributed by atoms with Crippen molar-refractivity contribution in [3.05, 3.63) is 59.7 Å². The van der Waals surface area contributed by atoms with Crippen molar-refractivity contribution in [3.63, 3.8) is 0 Å². The molecule has 30 heavy (non-hydrogen) atoms. The summed E-state index contributed by atoms with van der Waals surface area (Å²) in [5, 5.41) is 6.45. The molecular weight excluding hydrogens is 380 g/mol. The Labute approximate surface area is 178 Å². The van der Waals surface area contributed by atoms with Gasteiger partial charge in [-0.25, -0.2) is 4.99 Å². The van der Waals surface area contributed by atoms with E-state index in [1.807, 2.05) is 36.4 Å². The number of carbonyl (C=O) groups is 1. The van der Waals surface area contributed by atoms with E-state index in [4.69, 9.17) is 9.47 Å². The Bertz CT molecular complexity index is 853. The lowest BCUT2D eigenvalue weighted by atomic mass is 10.1. The lowest BCUT2D eigenvalue weighted by Gasteiger charge is -2.16. The highest BCUT2D eigenvalue weighted by molar-refractivity contribution is 5.86. The van der Waals surface area contributed by atoms with Crippen LogP contribution in [0.15, 0.2) is 53.5 Å². The number of hydrogen-bond acceptors (Lipinski definition) is 4. The molecule has 0 unspecified atom stereocenters. The first-order chi connectivity index (χ1) is 14.6. The smallest absolute Gasteiger partial charge is 0.241 e. The molecule has 0 atom stereocenters. The molecule has 1 heterocycles. The van der Waals surface area contributed by atoms with Crippen LogP contribution in [0.3, 0.4) is 0 Å². The van der Waals surface area contributed by atoms with Gasteiger partial charge >= 0.3 is 0 Å². The SMILES string of the molecule is CN(C)C(=O)CNC(=NCc1cccc2c1OCCCO2)NCCc1ccccc1. The summed E-state index contributed by atoms with van der Waals surface area (Å²) in [5.41, 5.74) is 2.20. The Morgan fingerprint density at radius 1 is 1.03 bits per heavy atom. The van der Waals surface area contributed by atoms with Crippen molar-refractivity contribution in [1.29, 1.82) is 0 Å². The number of ether oxygens (including phenoxy) is 2. The zero-order valence-electron chi connectivity index (χ0n) is 17.7. The van der Waals surface area contributed by atoms with Crippen molar-refractivity contribution in [2.75, 3.05) is 40.4 Å². The fourth-order valence-corrected chi connectivity index (χ4v) is 3.00. The summed E-state index contributed by atoms with van der Waals surface area (Å²) in [6.07, 6.45) is 1.72. The predicted octanol–water partition coefficient (Wildman–Crippen LogP) is 2.21. The first-order valence-electron chi connectivity index (χ1n) is 10.3. The summed E-state index contributed by atoms with van der Waals surface area (Å²) >= 11 is 0. The van der Waals surface area contributed by atoms with E-state index in [0.717, 1.165) is 29.9 Å². The van der Waals surface area contributed by atoms with Crippen molar-refractivity contribution in [2.45, 2.75) is 19.4 Å². The van der Waals surface area contributed by atoms with Gasteiger partial charge in [0, 0.05) is 32.6 Å². The van der Waals surface area contributed by atoms with E-state index in [9.17, 15) is 4.79 Å². The van der Waals surface area contributed by atoms with Crippen molar-refractivity contribution < 1.29 is 14.3 Å². The molecule has 1 aliphatic rings. The van der Waals surface area contributed by atoms with E-state index >= 15 is 0 Å². The second-order valence-electron chi connectivity index (χ2n) is 7.26. The highest BCUT2D eigenvalue weighted by atomic mass is 16.5. The normalized spacial score (nSPS) is 13.3. The number of guanidine groups is 1. The van der Waals surface area contributed by atoms with Gasteiger partial charge in [0.1, 0.15) is 0 Å². The second-order valence-corrected chi connectivity index (χ2v) is 7.26. The van der Waals surface area contributed by atoms with Crippen LogP contribution in [0.2, 0.25) is 0 Å². The minimum atomic E-state index is -0.0159. The summed E-state index contributed by atoms with van der Waals surface area (Å²) < 4.78 is 11.6. The molecular formula is C23H30N4O3. The van der Waals surface area contributed by atoms with Gasteiger partial charge in [-0.2, -0.15) is 0 Å². The minimum Gasteiger partial charge on any atom is -0.490 e. The van der Waals surface area contributed by atoms with Gasteiger partial charge in [0.15, 0.2) is 17.5 Å². The molecule has 1 aliphatic heterocycles. The number of carbonyl (C=O) groups excluding carboxylic acids is 1. The Balaban J connectivity index is 1.67. The number of rotatable bonds is 7. The van der Waals surface area contributed by atoms with Gasteiger partial charge in [-0.05, 0) is 18.1 Å². The number of fused-ring (bicyclic) bond motifs is 1. The molecule has 0 fully saturated rings. The number of nitrogens with one attached hydrogen (secondary N) is 2. The number of likely N-dealkylation sites (N-methyl/N-ethyl adjacent to an activating group) is 1. The third-order valence-corrected chi connectivity index (χ3v) is 4.72. The van der Waals surface area contributed by atoms with Crippen LogP contribution in [0.5, 0.6) is 11.5 Å². The monoisotopic (exact) mass is 410 g/mol. The molecule has 0 aromatic heterocycles. The number of nitrogens with zero attached hydrogens (tertiary/aromatic N) is 2. The average Bonchev–Trinajstić information content (AvgIpc) is 3.01. The van der Waals surface area contributed by atoms with Crippen molar-refractivity contribution in [1.82, 2.24) is 15.5 Å². The molecule has 7 heteroatoms. The van der Waals surface area contributed by atoms with Crippen LogP contribution in [0.25, 0.3) is 0 Å². The first kappa shape index (κ1) is 21.5.